The Labute approximate surface area is 88.0 Å². The van der Waals surface area contributed by atoms with Crippen molar-refractivity contribution in [2.45, 2.75) is 0 Å². The van der Waals surface area contributed by atoms with Crippen molar-refractivity contribution >= 4 is 28.4 Å². The maximum atomic E-state index is 5.60. The molecular weight excluding hydrogens is 194 g/mol. The van der Waals surface area contributed by atoms with E-state index in [1.165, 1.54) is 10.9 Å². The zero-order valence-corrected chi connectivity index (χ0v) is 8.41. The number of fused-ring (bicyclic) bond motifs is 1. The lowest BCUT2D eigenvalue weighted by Crippen LogP contribution is -1.79. The number of nitrogens with zero attached hydrogens (tertiary/aromatic N) is 1. The quantitative estimate of drug-likeness (QED) is 0.681. The van der Waals surface area contributed by atoms with E-state index < -0.39 is 0 Å². The Bertz CT molecular complexity index is 457. The number of benzene rings is 1. The van der Waals surface area contributed by atoms with Crippen molar-refractivity contribution in [1.29, 1.82) is 0 Å². The van der Waals surface area contributed by atoms with E-state index in [-0.39, 0.29) is 0 Å². The lowest BCUT2D eigenvalue weighted by Gasteiger charge is -2.00. The average molecular weight is 204 g/mol. The Hall–Kier alpha value is -1.34. The molecule has 0 aliphatic heterocycles. The first-order valence-corrected chi connectivity index (χ1v) is 5.00. The molecule has 0 bridgehead atoms. The fourth-order valence-electron chi connectivity index (χ4n) is 1.46. The summed E-state index contributed by atoms with van der Waals surface area (Å²) in [7, 11) is 0. The van der Waals surface area contributed by atoms with Gasteiger partial charge in [-0.25, -0.2) is 0 Å². The molecule has 70 valence electrons. The highest BCUT2D eigenvalue weighted by atomic mass is 35.5. The molecule has 0 saturated carbocycles. The summed E-state index contributed by atoms with van der Waals surface area (Å²) in [4.78, 5) is 4.08. The Morgan fingerprint density at radius 3 is 3.07 bits per heavy atom. The first-order chi connectivity index (χ1) is 6.92. The molecule has 0 spiro atoms. The van der Waals surface area contributed by atoms with Crippen LogP contribution in [0.3, 0.4) is 0 Å². The van der Waals surface area contributed by atoms with Gasteiger partial charge in [0.1, 0.15) is 0 Å². The lowest BCUT2D eigenvalue weighted by atomic mass is 10.1. The normalized spacial score (nSPS) is 11.2. The predicted octanol–water partition coefficient (Wildman–Crippen LogP) is 3.49. The van der Waals surface area contributed by atoms with Crippen molar-refractivity contribution in [3.05, 3.63) is 48.3 Å². The summed E-state index contributed by atoms with van der Waals surface area (Å²) in [6, 6.07) is 8.17. The summed E-state index contributed by atoms with van der Waals surface area (Å²) in [6.45, 7) is 0. The van der Waals surface area contributed by atoms with E-state index in [9.17, 15) is 0 Å². The van der Waals surface area contributed by atoms with Crippen LogP contribution < -0.4 is 0 Å². The van der Waals surface area contributed by atoms with E-state index in [1.807, 2.05) is 30.5 Å². The number of hydrogen-bond donors (Lipinski definition) is 0. The van der Waals surface area contributed by atoms with Crippen molar-refractivity contribution in [2.75, 3.05) is 5.88 Å². The van der Waals surface area contributed by atoms with Crippen LogP contribution >= 0.6 is 11.6 Å². The molecule has 1 nitrogen and oxygen atoms in total. The summed E-state index contributed by atoms with van der Waals surface area (Å²) < 4.78 is 0. The number of hydrogen-bond acceptors (Lipinski definition) is 1. The zero-order chi connectivity index (χ0) is 9.80. The van der Waals surface area contributed by atoms with Crippen LogP contribution in [0.25, 0.3) is 16.8 Å². The summed E-state index contributed by atoms with van der Waals surface area (Å²) in [6.07, 6.45) is 7.65. The highest BCUT2D eigenvalue weighted by molar-refractivity contribution is 6.19. The topological polar surface area (TPSA) is 12.9 Å². The summed E-state index contributed by atoms with van der Waals surface area (Å²) >= 11 is 5.60. The van der Waals surface area contributed by atoms with Crippen LogP contribution in [0.2, 0.25) is 0 Å². The third kappa shape index (κ3) is 1.78. The molecular formula is C12H10ClN. The molecule has 1 aromatic carbocycles. The second kappa shape index (κ2) is 4.25. The van der Waals surface area contributed by atoms with Gasteiger partial charge < -0.3 is 0 Å². The molecule has 0 N–H and O–H groups in total. The Morgan fingerprint density at radius 2 is 2.21 bits per heavy atom. The van der Waals surface area contributed by atoms with Gasteiger partial charge in [0.25, 0.3) is 0 Å². The van der Waals surface area contributed by atoms with Gasteiger partial charge in [0.2, 0.25) is 0 Å². The number of aromatic nitrogens is 1. The molecule has 1 aromatic heterocycles. The van der Waals surface area contributed by atoms with Gasteiger partial charge in [0, 0.05) is 23.7 Å². The molecule has 0 aliphatic rings. The van der Waals surface area contributed by atoms with Crippen LogP contribution in [-0.4, -0.2) is 10.9 Å². The SMILES string of the molecule is ClCC=Cc1cccc2cnccc12. The third-order valence-electron chi connectivity index (χ3n) is 2.10. The van der Waals surface area contributed by atoms with Crippen LogP contribution in [0.1, 0.15) is 5.56 Å². The van der Waals surface area contributed by atoms with E-state index in [4.69, 9.17) is 11.6 Å². The minimum atomic E-state index is 0.543. The summed E-state index contributed by atoms with van der Waals surface area (Å²) in [5.41, 5.74) is 1.19. The van der Waals surface area contributed by atoms with Gasteiger partial charge in [0.05, 0.1) is 0 Å². The second-order valence-corrected chi connectivity index (χ2v) is 3.31. The van der Waals surface area contributed by atoms with E-state index in [0.717, 1.165) is 5.39 Å². The van der Waals surface area contributed by atoms with Gasteiger partial charge in [-0.05, 0) is 17.0 Å². The number of rotatable bonds is 2. The van der Waals surface area contributed by atoms with Crippen LogP contribution in [0.5, 0.6) is 0 Å². The number of pyridine rings is 1. The summed E-state index contributed by atoms with van der Waals surface area (Å²) in [5.74, 6) is 0.543. The third-order valence-corrected chi connectivity index (χ3v) is 2.28. The van der Waals surface area contributed by atoms with Gasteiger partial charge in [-0.1, -0.05) is 30.4 Å². The number of alkyl halides is 1. The monoisotopic (exact) mass is 203 g/mol. The fourth-order valence-corrected chi connectivity index (χ4v) is 1.55. The van der Waals surface area contributed by atoms with Crippen LogP contribution in [-0.2, 0) is 0 Å². The van der Waals surface area contributed by atoms with Crippen molar-refractivity contribution in [2.24, 2.45) is 0 Å². The first kappa shape index (κ1) is 9.22. The smallest absolute Gasteiger partial charge is 0.0407 e. The minimum absolute atomic E-state index is 0.543. The van der Waals surface area contributed by atoms with Crippen molar-refractivity contribution < 1.29 is 0 Å². The van der Waals surface area contributed by atoms with Crippen molar-refractivity contribution in [3.8, 4) is 0 Å². The zero-order valence-electron chi connectivity index (χ0n) is 7.65. The van der Waals surface area contributed by atoms with Gasteiger partial charge >= 0.3 is 0 Å². The number of allylic oxidation sites excluding steroid dienone is 1. The van der Waals surface area contributed by atoms with Crippen molar-refractivity contribution in [1.82, 2.24) is 4.98 Å². The molecule has 2 aromatic rings. The average Bonchev–Trinajstić information content (AvgIpc) is 2.26. The van der Waals surface area contributed by atoms with E-state index in [0.29, 0.717) is 5.88 Å². The molecule has 0 amide bonds. The Kier molecular flexibility index (Phi) is 2.80. The van der Waals surface area contributed by atoms with Crippen LogP contribution in [0.15, 0.2) is 42.7 Å². The largest absolute Gasteiger partial charge is 0.264 e. The standard InChI is InChI=1S/C12H10ClN/c13-7-2-5-10-3-1-4-11-9-14-8-6-12(10)11/h1-6,8-9H,7H2. The van der Waals surface area contributed by atoms with Gasteiger partial charge in [-0.2, -0.15) is 0 Å². The molecule has 0 fully saturated rings. The predicted molar refractivity (Wildman–Crippen MR) is 61.5 cm³/mol. The molecule has 2 rings (SSSR count). The second-order valence-electron chi connectivity index (χ2n) is 3.00. The molecule has 0 unspecified atom stereocenters. The van der Waals surface area contributed by atoms with E-state index >= 15 is 0 Å². The van der Waals surface area contributed by atoms with Crippen LogP contribution in [0, 0.1) is 0 Å². The summed E-state index contributed by atoms with van der Waals surface area (Å²) in [5, 5.41) is 2.37. The molecule has 0 atom stereocenters. The highest BCUT2D eigenvalue weighted by Gasteiger charge is 1.95. The maximum Gasteiger partial charge on any atom is 0.0407 e. The Morgan fingerprint density at radius 1 is 1.29 bits per heavy atom. The number of halogens is 1. The van der Waals surface area contributed by atoms with Gasteiger partial charge in [-0.3, -0.25) is 4.98 Å². The highest BCUT2D eigenvalue weighted by Crippen LogP contribution is 2.18. The Balaban J connectivity index is 2.59. The van der Waals surface area contributed by atoms with E-state index in [1.54, 1.807) is 6.20 Å². The fraction of sp³-hybridized carbons (Fsp3) is 0.0833. The molecule has 2 heteroatoms. The minimum Gasteiger partial charge on any atom is -0.264 e. The lowest BCUT2D eigenvalue weighted by molar-refractivity contribution is 1.36. The molecule has 0 radical (unpaired) electrons. The first-order valence-electron chi connectivity index (χ1n) is 4.47. The van der Waals surface area contributed by atoms with E-state index in [2.05, 4.69) is 17.1 Å². The molecule has 0 saturated heterocycles. The van der Waals surface area contributed by atoms with Gasteiger partial charge in [0.15, 0.2) is 0 Å². The molecule has 14 heavy (non-hydrogen) atoms. The van der Waals surface area contributed by atoms with Gasteiger partial charge in [-0.15, -0.1) is 11.6 Å². The molecule has 1 heterocycles. The maximum absolute atomic E-state index is 5.60. The molecule has 0 aliphatic carbocycles. The van der Waals surface area contributed by atoms with Crippen LogP contribution in [0.4, 0.5) is 0 Å². The van der Waals surface area contributed by atoms with Crippen molar-refractivity contribution in [3.63, 3.8) is 0 Å².